The minimum absolute atomic E-state index is 0.409. The molecule has 210 valence electrons. The van der Waals surface area contributed by atoms with Crippen LogP contribution in [0.1, 0.15) is 27.7 Å². The molecule has 0 bridgehead atoms. The van der Waals surface area contributed by atoms with Gasteiger partial charge in [0, 0.05) is 16.7 Å². The third kappa shape index (κ3) is 5.03. The van der Waals surface area contributed by atoms with E-state index in [1.54, 1.807) is 0 Å². The predicted octanol–water partition coefficient (Wildman–Crippen LogP) is 7.99. The predicted molar refractivity (Wildman–Crippen MR) is 175 cm³/mol. The van der Waals surface area contributed by atoms with Gasteiger partial charge < -0.3 is 9.31 Å². The number of benzene rings is 5. The van der Waals surface area contributed by atoms with Gasteiger partial charge in [-0.1, -0.05) is 115 Å². The largest absolute Gasteiger partial charge is 0.495 e. The van der Waals surface area contributed by atoms with Gasteiger partial charge in [0.15, 0.2) is 17.5 Å². The van der Waals surface area contributed by atoms with Gasteiger partial charge in [-0.15, -0.1) is 0 Å². The molecule has 1 fully saturated rings. The van der Waals surface area contributed by atoms with E-state index in [1.807, 2.05) is 60.7 Å². The number of fused-ring (bicyclic) bond motifs is 1. The number of hydrogen-bond donors (Lipinski definition) is 0. The van der Waals surface area contributed by atoms with Crippen molar-refractivity contribution < 1.29 is 9.31 Å². The Labute approximate surface area is 252 Å². The third-order valence-corrected chi connectivity index (χ3v) is 8.59. The first-order valence-corrected chi connectivity index (χ1v) is 14.6. The average Bonchev–Trinajstić information content (AvgIpc) is 3.27. The quantitative estimate of drug-likeness (QED) is 0.200. The first-order valence-electron chi connectivity index (χ1n) is 14.6. The van der Waals surface area contributed by atoms with Crippen LogP contribution < -0.4 is 5.46 Å². The van der Waals surface area contributed by atoms with Crippen LogP contribution in [-0.4, -0.2) is 33.3 Å². The molecule has 1 aliphatic heterocycles. The molecule has 0 saturated carbocycles. The lowest BCUT2D eigenvalue weighted by atomic mass is 9.75. The molecule has 6 aromatic rings. The Balaban J connectivity index is 1.33. The minimum Gasteiger partial charge on any atom is -0.399 e. The van der Waals surface area contributed by atoms with Crippen LogP contribution >= 0.6 is 0 Å². The molecule has 5 nitrogen and oxygen atoms in total. The van der Waals surface area contributed by atoms with Gasteiger partial charge in [-0.05, 0) is 61.1 Å². The van der Waals surface area contributed by atoms with Gasteiger partial charge in [0.25, 0.3) is 0 Å². The second-order valence-electron chi connectivity index (χ2n) is 12.0. The van der Waals surface area contributed by atoms with Crippen molar-refractivity contribution in [3.05, 3.63) is 121 Å². The fourth-order valence-corrected chi connectivity index (χ4v) is 5.53. The average molecular weight is 561 g/mol. The van der Waals surface area contributed by atoms with Crippen molar-refractivity contribution >= 4 is 23.4 Å². The highest BCUT2D eigenvalue weighted by Gasteiger charge is 2.52. The number of hydrogen-bond acceptors (Lipinski definition) is 5. The Morgan fingerprint density at radius 2 is 0.930 bits per heavy atom. The van der Waals surface area contributed by atoms with E-state index in [0.717, 1.165) is 44.1 Å². The second kappa shape index (κ2) is 10.6. The van der Waals surface area contributed by atoms with E-state index < -0.39 is 18.3 Å². The van der Waals surface area contributed by atoms with E-state index in [1.165, 1.54) is 0 Å². The fourth-order valence-electron chi connectivity index (χ4n) is 5.53. The molecule has 5 aromatic carbocycles. The maximum absolute atomic E-state index is 6.43. The second-order valence-corrected chi connectivity index (χ2v) is 12.0. The Morgan fingerprint density at radius 1 is 0.465 bits per heavy atom. The molecular formula is C37H32BN3O2. The van der Waals surface area contributed by atoms with Crippen LogP contribution in [0.2, 0.25) is 0 Å². The number of aromatic nitrogens is 3. The van der Waals surface area contributed by atoms with Gasteiger partial charge in [-0.2, -0.15) is 0 Å². The molecule has 1 aromatic heterocycles. The number of rotatable bonds is 5. The molecule has 1 aliphatic rings. The summed E-state index contributed by atoms with van der Waals surface area (Å²) in [6.45, 7) is 8.34. The molecule has 0 radical (unpaired) electrons. The Morgan fingerprint density at radius 3 is 1.53 bits per heavy atom. The number of nitrogens with zero attached hydrogens (tertiary/aromatic N) is 3. The zero-order valence-corrected chi connectivity index (χ0v) is 24.8. The third-order valence-electron chi connectivity index (χ3n) is 8.59. The first-order chi connectivity index (χ1) is 20.8. The summed E-state index contributed by atoms with van der Waals surface area (Å²) in [5, 5.41) is 2.25. The Hall–Kier alpha value is -4.65. The van der Waals surface area contributed by atoms with Crippen LogP contribution in [0.5, 0.6) is 0 Å². The van der Waals surface area contributed by atoms with Crippen LogP contribution in [-0.2, 0) is 9.31 Å². The molecule has 0 unspecified atom stereocenters. The lowest BCUT2D eigenvalue weighted by molar-refractivity contribution is 0.00578. The summed E-state index contributed by atoms with van der Waals surface area (Å²) in [6.07, 6.45) is 0. The van der Waals surface area contributed by atoms with Crippen molar-refractivity contribution in [3.8, 4) is 45.3 Å². The Bertz CT molecular complexity index is 1870. The van der Waals surface area contributed by atoms with E-state index in [9.17, 15) is 0 Å². The highest BCUT2D eigenvalue weighted by Crippen LogP contribution is 2.38. The first kappa shape index (κ1) is 27.2. The van der Waals surface area contributed by atoms with Gasteiger partial charge in [0.05, 0.1) is 11.2 Å². The maximum atomic E-state index is 6.43. The van der Waals surface area contributed by atoms with E-state index in [4.69, 9.17) is 24.3 Å². The van der Waals surface area contributed by atoms with Crippen LogP contribution in [0.4, 0.5) is 0 Å². The monoisotopic (exact) mass is 561 g/mol. The molecule has 0 spiro atoms. The molecule has 43 heavy (non-hydrogen) atoms. The molecular weight excluding hydrogens is 529 g/mol. The van der Waals surface area contributed by atoms with Crippen LogP contribution in [0, 0.1) is 0 Å². The Kier molecular flexibility index (Phi) is 6.68. The smallest absolute Gasteiger partial charge is 0.399 e. The van der Waals surface area contributed by atoms with E-state index in [0.29, 0.717) is 17.5 Å². The van der Waals surface area contributed by atoms with E-state index in [2.05, 4.69) is 88.4 Å². The fraction of sp³-hybridized carbons (Fsp3) is 0.162. The molecule has 0 N–H and O–H groups in total. The van der Waals surface area contributed by atoms with Crippen LogP contribution in [0.25, 0.3) is 56.1 Å². The molecule has 1 saturated heterocycles. The topological polar surface area (TPSA) is 57.1 Å². The lowest BCUT2D eigenvalue weighted by Crippen LogP contribution is -2.41. The summed E-state index contributed by atoms with van der Waals surface area (Å²) in [4.78, 5) is 14.7. The van der Waals surface area contributed by atoms with Gasteiger partial charge in [0.2, 0.25) is 0 Å². The van der Waals surface area contributed by atoms with Crippen molar-refractivity contribution in [1.29, 1.82) is 0 Å². The standard InChI is InChI=1S/C37H32BN3O2/c1-36(2)37(3,4)43-38(42-36)32-23-13-21-30-29(20-12-22-31(30)32)27-18-11-19-28(24-27)35-40-33(25-14-7-5-8-15-25)39-34(41-35)26-16-9-6-10-17-26/h5-24H,1-4H3. The zero-order chi connectivity index (χ0) is 29.6. The van der Waals surface area contributed by atoms with Crippen molar-refractivity contribution in [1.82, 2.24) is 15.0 Å². The normalized spacial score (nSPS) is 15.6. The summed E-state index contributed by atoms with van der Waals surface area (Å²) < 4.78 is 12.9. The van der Waals surface area contributed by atoms with Gasteiger partial charge in [-0.3, -0.25) is 0 Å². The SMILES string of the molecule is CC1(C)OB(c2cccc3c(-c4cccc(-c5nc(-c6ccccc6)nc(-c6ccccc6)n5)c4)cccc23)OC1(C)C. The van der Waals surface area contributed by atoms with Crippen molar-refractivity contribution in [3.63, 3.8) is 0 Å². The van der Waals surface area contributed by atoms with Crippen LogP contribution in [0.15, 0.2) is 121 Å². The molecule has 2 heterocycles. The lowest BCUT2D eigenvalue weighted by Gasteiger charge is -2.32. The zero-order valence-electron chi connectivity index (χ0n) is 24.8. The van der Waals surface area contributed by atoms with Gasteiger partial charge in [0.1, 0.15) is 0 Å². The maximum Gasteiger partial charge on any atom is 0.495 e. The van der Waals surface area contributed by atoms with E-state index >= 15 is 0 Å². The van der Waals surface area contributed by atoms with Crippen molar-refractivity contribution in [2.75, 3.05) is 0 Å². The van der Waals surface area contributed by atoms with Crippen molar-refractivity contribution in [2.24, 2.45) is 0 Å². The molecule has 0 atom stereocenters. The molecule has 7 rings (SSSR count). The van der Waals surface area contributed by atoms with Crippen molar-refractivity contribution in [2.45, 2.75) is 38.9 Å². The summed E-state index contributed by atoms with van der Waals surface area (Å²) >= 11 is 0. The van der Waals surface area contributed by atoms with Crippen LogP contribution in [0.3, 0.4) is 0 Å². The molecule has 0 amide bonds. The molecule has 6 heteroatoms. The van der Waals surface area contributed by atoms with Gasteiger partial charge >= 0.3 is 7.12 Å². The molecule has 0 aliphatic carbocycles. The summed E-state index contributed by atoms with van der Waals surface area (Å²) in [5.74, 6) is 1.92. The highest BCUT2D eigenvalue weighted by molar-refractivity contribution is 6.65. The minimum atomic E-state index is -0.437. The summed E-state index contributed by atoms with van der Waals surface area (Å²) in [7, 11) is -0.437. The highest BCUT2D eigenvalue weighted by atomic mass is 16.7. The summed E-state index contributed by atoms with van der Waals surface area (Å²) in [5.41, 5.74) is 5.24. The van der Waals surface area contributed by atoms with Gasteiger partial charge in [-0.25, -0.2) is 15.0 Å². The summed E-state index contributed by atoms with van der Waals surface area (Å²) in [6, 6.07) is 41.3. The van der Waals surface area contributed by atoms with E-state index in [-0.39, 0.29) is 0 Å².